The first-order valence-corrected chi connectivity index (χ1v) is 5.50. The molecule has 0 spiro atoms. The maximum absolute atomic E-state index is 3.43. The van der Waals surface area contributed by atoms with Crippen molar-refractivity contribution in [3.05, 3.63) is 48.5 Å². The van der Waals surface area contributed by atoms with Crippen molar-refractivity contribution in [2.45, 2.75) is 9.79 Å². The summed E-state index contributed by atoms with van der Waals surface area (Å²) >= 11 is 1.30. The summed E-state index contributed by atoms with van der Waals surface area (Å²) in [5, 5.41) is 3.43. The summed E-state index contributed by atoms with van der Waals surface area (Å²) in [4.78, 5) is 2.71. The van der Waals surface area contributed by atoms with E-state index in [0.717, 1.165) is 0 Å². The number of fused-ring (bicyclic) bond motifs is 2. The topological polar surface area (TPSA) is 12.0 Å². The van der Waals surface area contributed by atoms with E-state index < -0.39 is 0 Å². The van der Waals surface area contributed by atoms with Crippen molar-refractivity contribution in [1.82, 2.24) is 0 Å². The predicted octanol–water partition coefficient (Wildman–Crippen LogP) is 3.63. The highest BCUT2D eigenvalue weighted by atomic mass is 32.2. The second kappa shape index (κ2) is 3.07. The zero-order valence-corrected chi connectivity index (χ0v) is 8.46. The van der Waals surface area contributed by atoms with Gasteiger partial charge in [0.1, 0.15) is 0 Å². The molecule has 2 aromatic carbocycles. The fourth-order valence-corrected chi connectivity index (χ4v) is 2.71. The highest BCUT2D eigenvalue weighted by molar-refractivity contribution is 7.99. The average molecular weight is 200 g/mol. The van der Waals surface area contributed by atoms with Crippen LogP contribution in [0.1, 0.15) is 0 Å². The van der Waals surface area contributed by atoms with Crippen molar-refractivity contribution in [3.63, 3.8) is 0 Å². The van der Waals surface area contributed by atoms with Crippen molar-refractivity contribution < 1.29 is 0 Å². The molecule has 0 saturated heterocycles. The van der Waals surface area contributed by atoms with Crippen LogP contribution >= 0.6 is 11.8 Å². The van der Waals surface area contributed by atoms with Gasteiger partial charge in [0.15, 0.2) is 0 Å². The van der Waals surface area contributed by atoms with E-state index in [0.29, 0.717) is 0 Å². The van der Waals surface area contributed by atoms with E-state index in [9.17, 15) is 0 Å². The smallest absolute Gasteiger partial charge is 0.0515 e. The van der Waals surface area contributed by atoms with Gasteiger partial charge in [0.2, 0.25) is 0 Å². The zero-order chi connectivity index (χ0) is 9.38. The Labute approximate surface area is 87.2 Å². The monoisotopic (exact) mass is 200 g/mol. The summed E-state index contributed by atoms with van der Waals surface area (Å²) in [7, 11) is 0. The summed E-state index contributed by atoms with van der Waals surface area (Å²) in [5.74, 6) is 0. The minimum atomic E-state index is 1.23. The van der Waals surface area contributed by atoms with E-state index >= 15 is 0 Å². The van der Waals surface area contributed by atoms with E-state index in [1.165, 1.54) is 32.9 Å². The minimum absolute atomic E-state index is 1.23. The van der Waals surface area contributed by atoms with E-state index in [1.54, 1.807) is 0 Å². The third kappa shape index (κ3) is 1.19. The lowest BCUT2D eigenvalue weighted by Crippen LogP contribution is -1.98. The average Bonchev–Trinajstić information content (AvgIpc) is 2.26. The molecule has 1 radical (unpaired) electrons. The van der Waals surface area contributed by atoms with Crippen LogP contribution in [0.25, 0.3) is 0 Å². The molecular weight excluding hydrogens is 190 g/mol. The number of anilines is 2. The van der Waals surface area contributed by atoms with Crippen molar-refractivity contribution >= 4 is 23.1 Å². The van der Waals surface area contributed by atoms with Crippen LogP contribution in [0.2, 0.25) is 0 Å². The molecule has 1 aliphatic rings. The van der Waals surface area contributed by atoms with Crippen LogP contribution in [-0.2, 0) is 0 Å². The Morgan fingerprint density at radius 3 is 1.79 bits per heavy atom. The third-order valence-electron chi connectivity index (χ3n) is 2.32. The van der Waals surface area contributed by atoms with Gasteiger partial charge in [0.25, 0.3) is 0 Å². The number of hydrogen-bond acceptors (Lipinski definition) is 1. The van der Waals surface area contributed by atoms with Gasteiger partial charge in [-0.25, -0.2) is 0 Å². The molecular formula is C12H10NS. The molecule has 0 bridgehead atoms. The molecule has 0 amide bonds. The second-order valence-corrected chi connectivity index (χ2v) is 4.46. The Morgan fingerprint density at radius 2 is 1.21 bits per heavy atom. The fourth-order valence-electron chi connectivity index (χ4n) is 1.63. The molecule has 1 aliphatic heterocycles. The number of thiol groups is 1. The Morgan fingerprint density at radius 1 is 0.714 bits per heavy atom. The molecule has 2 aromatic rings. The minimum Gasteiger partial charge on any atom is -0.354 e. The van der Waals surface area contributed by atoms with Crippen LogP contribution < -0.4 is 5.32 Å². The number of rotatable bonds is 0. The van der Waals surface area contributed by atoms with Crippen LogP contribution in [0.5, 0.6) is 0 Å². The fraction of sp³-hybridized carbons (Fsp3) is 0. The molecule has 1 heterocycles. The number of para-hydroxylation sites is 2. The standard InChI is InChI=1S/C12H10NS/c1-3-7-11-9(5-1)13-10-6-2-4-8-12(10)14-11/h1-8,13-14H. The Kier molecular flexibility index (Phi) is 1.74. The molecule has 14 heavy (non-hydrogen) atoms. The highest BCUT2D eigenvalue weighted by Crippen LogP contribution is 2.43. The molecule has 2 heteroatoms. The van der Waals surface area contributed by atoms with Gasteiger partial charge >= 0.3 is 0 Å². The van der Waals surface area contributed by atoms with Crippen molar-refractivity contribution in [3.8, 4) is 0 Å². The maximum atomic E-state index is 3.43. The van der Waals surface area contributed by atoms with Crippen LogP contribution in [0.4, 0.5) is 11.4 Å². The summed E-state index contributed by atoms with van der Waals surface area (Å²) in [5.41, 5.74) is 2.46. The summed E-state index contributed by atoms with van der Waals surface area (Å²) < 4.78 is 0. The van der Waals surface area contributed by atoms with Gasteiger partial charge in [0, 0.05) is 9.79 Å². The summed E-state index contributed by atoms with van der Waals surface area (Å²) in [6.07, 6.45) is 0. The molecule has 1 nitrogen and oxygen atoms in total. The van der Waals surface area contributed by atoms with Crippen LogP contribution in [0, 0.1) is 0 Å². The van der Waals surface area contributed by atoms with E-state index in [4.69, 9.17) is 0 Å². The molecule has 0 aromatic heterocycles. The third-order valence-corrected chi connectivity index (χ3v) is 3.58. The van der Waals surface area contributed by atoms with Gasteiger partial charge in [-0.2, -0.15) is 11.8 Å². The molecule has 0 unspecified atom stereocenters. The molecule has 1 N–H and O–H groups in total. The molecule has 0 aliphatic carbocycles. The lowest BCUT2D eigenvalue weighted by molar-refractivity contribution is 1.32. The van der Waals surface area contributed by atoms with Crippen molar-refractivity contribution in [1.29, 1.82) is 0 Å². The maximum Gasteiger partial charge on any atom is 0.0515 e. The lowest BCUT2D eigenvalue weighted by atomic mass is 10.2. The zero-order valence-electron chi connectivity index (χ0n) is 7.57. The molecule has 0 saturated carbocycles. The Hall–Kier alpha value is -1.41. The van der Waals surface area contributed by atoms with Crippen LogP contribution in [0.3, 0.4) is 0 Å². The number of benzene rings is 2. The van der Waals surface area contributed by atoms with Crippen molar-refractivity contribution in [2.75, 3.05) is 5.32 Å². The normalized spacial score (nSPS) is 12.6. The van der Waals surface area contributed by atoms with Gasteiger partial charge in [-0.15, -0.1) is 0 Å². The predicted molar refractivity (Wildman–Crippen MR) is 61.7 cm³/mol. The van der Waals surface area contributed by atoms with Gasteiger partial charge < -0.3 is 5.32 Å². The second-order valence-electron chi connectivity index (χ2n) is 3.27. The molecule has 0 atom stereocenters. The number of nitrogens with one attached hydrogen (secondary N) is 1. The van der Waals surface area contributed by atoms with Gasteiger partial charge in [-0.3, -0.25) is 0 Å². The molecule has 0 fully saturated rings. The van der Waals surface area contributed by atoms with Gasteiger partial charge in [-0.05, 0) is 24.3 Å². The molecule has 69 valence electrons. The van der Waals surface area contributed by atoms with Gasteiger partial charge in [-0.1, -0.05) is 24.3 Å². The van der Waals surface area contributed by atoms with E-state index in [2.05, 4.69) is 53.8 Å². The lowest BCUT2D eigenvalue weighted by Gasteiger charge is -2.21. The SMILES string of the molecule is c1ccc2c(c1)Nc1ccccc1[SH]2. The Balaban J connectivity index is 2.12. The quantitative estimate of drug-likeness (QED) is 0.528. The molecule has 3 rings (SSSR count). The largest absolute Gasteiger partial charge is 0.354 e. The van der Waals surface area contributed by atoms with E-state index in [1.807, 2.05) is 0 Å². The first kappa shape index (κ1) is 7.94. The van der Waals surface area contributed by atoms with Crippen LogP contribution in [-0.4, -0.2) is 0 Å². The van der Waals surface area contributed by atoms with Crippen LogP contribution in [0.15, 0.2) is 58.3 Å². The first-order chi connectivity index (χ1) is 6.93. The van der Waals surface area contributed by atoms with Gasteiger partial charge in [0.05, 0.1) is 11.4 Å². The first-order valence-electron chi connectivity index (χ1n) is 4.60. The summed E-state index contributed by atoms with van der Waals surface area (Å²) in [6.45, 7) is 0. The Bertz CT molecular complexity index is 392. The van der Waals surface area contributed by atoms with Crippen molar-refractivity contribution in [2.24, 2.45) is 0 Å². The summed E-state index contributed by atoms with van der Waals surface area (Å²) in [6, 6.07) is 16.9. The highest BCUT2D eigenvalue weighted by Gasteiger charge is 2.11. The number of hydrogen-bond donors (Lipinski definition) is 2. The van der Waals surface area contributed by atoms with E-state index in [-0.39, 0.29) is 0 Å².